The van der Waals surface area contributed by atoms with Crippen LogP contribution in [0.25, 0.3) is 61.4 Å². The fraction of sp³-hybridized carbons (Fsp3) is 0.171. The van der Waals surface area contributed by atoms with Crippen LogP contribution in [0.15, 0.2) is 89.6 Å². The molecule has 1 N–H and O–H groups in total. The van der Waals surface area contributed by atoms with E-state index < -0.39 is 0 Å². The molecule has 4 heterocycles. The summed E-state index contributed by atoms with van der Waals surface area (Å²) in [6.45, 7) is 8.87. The Bertz CT molecular complexity index is 2060. The first-order chi connectivity index (χ1) is 19.9. The van der Waals surface area contributed by atoms with Crippen molar-refractivity contribution in [3.8, 4) is 34.3 Å². The summed E-state index contributed by atoms with van der Waals surface area (Å²) in [4.78, 5) is 15.0. The number of fused-ring (bicyclic) bond motifs is 4. The third kappa shape index (κ3) is 4.51. The molecule has 0 fully saturated rings. The minimum atomic E-state index is 0. The largest absolute Gasteiger partial charge is 0.507 e. The normalized spacial score (nSPS) is 11.7. The van der Waals surface area contributed by atoms with E-state index in [0.717, 1.165) is 28.0 Å². The Morgan fingerprint density at radius 1 is 0.810 bits per heavy atom. The zero-order valence-electron chi connectivity index (χ0n) is 23.7. The van der Waals surface area contributed by atoms with Crippen molar-refractivity contribution in [2.45, 2.75) is 39.5 Å². The van der Waals surface area contributed by atoms with Gasteiger partial charge in [0, 0.05) is 39.2 Å². The zero-order chi connectivity index (χ0) is 28.2. The molecule has 7 aromatic rings. The van der Waals surface area contributed by atoms with Crippen LogP contribution in [0.1, 0.15) is 50.7 Å². The number of para-hydroxylation sites is 1. The fourth-order valence-corrected chi connectivity index (χ4v) is 5.66. The van der Waals surface area contributed by atoms with E-state index in [-0.39, 0.29) is 26.8 Å². The van der Waals surface area contributed by atoms with Crippen molar-refractivity contribution in [2.75, 3.05) is 0 Å². The minimum absolute atomic E-state index is 0. The number of furan rings is 1. The number of aromatic nitrogens is 4. The minimum Gasteiger partial charge on any atom is -0.507 e. The van der Waals surface area contributed by atoms with E-state index in [1.807, 2.05) is 42.6 Å². The van der Waals surface area contributed by atoms with Crippen LogP contribution < -0.4 is 0 Å². The molecule has 0 atom stereocenters. The smallest absolute Gasteiger partial charge is 0.154 e. The van der Waals surface area contributed by atoms with Crippen LogP contribution in [-0.4, -0.2) is 24.6 Å². The molecule has 42 heavy (non-hydrogen) atoms. The average molecular weight is 733 g/mol. The van der Waals surface area contributed by atoms with Gasteiger partial charge in [-0.2, -0.15) is 0 Å². The molecule has 7 heteroatoms. The van der Waals surface area contributed by atoms with Crippen molar-refractivity contribution < 1.29 is 30.6 Å². The van der Waals surface area contributed by atoms with Gasteiger partial charge in [0.15, 0.2) is 5.58 Å². The summed E-state index contributed by atoms with van der Waals surface area (Å²) >= 11 is 0. The summed E-state index contributed by atoms with van der Waals surface area (Å²) in [5.74, 6) is 1.46. The van der Waals surface area contributed by atoms with Crippen molar-refractivity contribution in [3.05, 3.63) is 102 Å². The SMILES string of the molecule is CC(C)c1cccc(C(C)C)c1-n1cc(-c2ccc3oc4cccc(O)c4c3n2)nc1-c1nccc2ccc[c-]c12.[Pt]. The van der Waals surface area contributed by atoms with E-state index in [2.05, 4.69) is 68.8 Å². The molecule has 6 nitrogen and oxygen atoms in total. The van der Waals surface area contributed by atoms with Gasteiger partial charge in [-0.25, -0.2) is 9.97 Å². The maximum Gasteiger partial charge on any atom is 0.154 e. The maximum atomic E-state index is 10.6. The van der Waals surface area contributed by atoms with Crippen LogP contribution in [-0.2, 0) is 21.1 Å². The van der Waals surface area contributed by atoms with Gasteiger partial charge in [-0.05, 0) is 47.2 Å². The molecule has 0 bridgehead atoms. The van der Waals surface area contributed by atoms with E-state index in [0.29, 0.717) is 45.3 Å². The van der Waals surface area contributed by atoms with E-state index in [1.165, 1.54) is 11.1 Å². The average Bonchev–Trinajstić information content (AvgIpc) is 3.58. The number of nitrogens with zero attached hydrogens (tertiary/aromatic N) is 4. The van der Waals surface area contributed by atoms with E-state index in [1.54, 1.807) is 12.1 Å². The summed E-state index contributed by atoms with van der Waals surface area (Å²) in [6, 6.07) is 26.9. The van der Waals surface area contributed by atoms with Crippen molar-refractivity contribution in [3.63, 3.8) is 0 Å². The summed E-state index contributed by atoms with van der Waals surface area (Å²) in [6.07, 6.45) is 3.88. The zero-order valence-corrected chi connectivity index (χ0v) is 26.0. The number of benzene rings is 3. The molecule has 3 aromatic carbocycles. The first-order valence-corrected chi connectivity index (χ1v) is 13.9. The molecule has 4 aromatic heterocycles. The Morgan fingerprint density at radius 2 is 1.57 bits per heavy atom. The number of imidazole rings is 1. The monoisotopic (exact) mass is 732 g/mol. The molecule has 212 valence electrons. The van der Waals surface area contributed by atoms with Gasteiger partial charge in [-0.1, -0.05) is 58.0 Å². The second-order valence-corrected chi connectivity index (χ2v) is 11.0. The summed E-state index contributed by atoms with van der Waals surface area (Å²) in [5.41, 5.74) is 7.55. The topological polar surface area (TPSA) is 77.0 Å². The number of hydrogen-bond acceptors (Lipinski definition) is 5. The Hall–Kier alpha value is -4.28. The molecular weight excluding hydrogens is 703 g/mol. The Kier molecular flexibility index (Phi) is 7.20. The molecule has 0 amide bonds. The van der Waals surface area contributed by atoms with Gasteiger partial charge < -0.3 is 19.1 Å². The molecule has 0 spiro atoms. The second-order valence-electron chi connectivity index (χ2n) is 11.0. The number of pyridine rings is 2. The molecule has 0 saturated carbocycles. The molecule has 0 aliphatic carbocycles. The number of hydrogen-bond donors (Lipinski definition) is 1. The predicted molar refractivity (Wildman–Crippen MR) is 163 cm³/mol. The second kappa shape index (κ2) is 10.8. The van der Waals surface area contributed by atoms with Crippen molar-refractivity contribution in [1.82, 2.24) is 19.5 Å². The van der Waals surface area contributed by atoms with Gasteiger partial charge >= 0.3 is 0 Å². The van der Waals surface area contributed by atoms with Crippen molar-refractivity contribution in [1.29, 1.82) is 0 Å². The van der Waals surface area contributed by atoms with Gasteiger partial charge in [0.1, 0.15) is 28.4 Å². The van der Waals surface area contributed by atoms with Crippen LogP contribution in [0.4, 0.5) is 0 Å². The maximum absolute atomic E-state index is 10.6. The molecule has 0 saturated heterocycles. The first-order valence-electron chi connectivity index (χ1n) is 13.9. The fourth-order valence-electron chi connectivity index (χ4n) is 5.66. The molecule has 0 aliphatic rings. The summed E-state index contributed by atoms with van der Waals surface area (Å²) < 4.78 is 8.14. The van der Waals surface area contributed by atoms with Gasteiger partial charge in [-0.15, -0.1) is 35.0 Å². The predicted octanol–water partition coefficient (Wildman–Crippen LogP) is 8.80. The number of aromatic hydroxyl groups is 1. The summed E-state index contributed by atoms with van der Waals surface area (Å²) in [7, 11) is 0. The first kappa shape index (κ1) is 27.9. The standard InChI is InChI=1S/C35H29N4O2.Pt/c1-20(2)23-11-7-12-24(21(3)4)34(23)39-19-27(38-35(39)32-25-10-6-5-9-22(25)17-18-36-32)26-15-16-30-33(37-26)31-28(40)13-8-14-29(31)41-30;/h5-9,11-21,40H,1-4H3;/q-1;. The summed E-state index contributed by atoms with van der Waals surface area (Å²) in [5, 5.41) is 13.2. The molecule has 0 unspecified atom stereocenters. The molecule has 0 radical (unpaired) electrons. The Labute approximate surface area is 258 Å². The molecule has 7 rings (SSSR count). The van der Waals surface area contributed by atoms with Crippen LogP contribution >= 0.6 is 0 Å². The molecular formula is C35H29N4O2Pt-. The number of rotatable bonds is 5. The Morgan fingerprint density at radius 3 is 2.33 bits per heavy atom. The van der Waals surface area contributed by atoms with E-state index in [9.17, 15) is 5.11 Å². The van der Waals surface area contributed by atoms with Crippen molar-refractivity contribution >= 4 is 32.8 Å². The van der Waals surface area contributed by atoms with Crippen LogP contribution in [0.3, 0.4) is 0 Å². The Balaban J connectivity index is 0.00000316. The number of phenols is 1. The van der Waals surface area contributed by atoms with Crippen molar-refractivity contribution in [2.24, 2.45) is 0 Å². The third-order valence-corrected chi connectivity index (χ3v) is 7.67. The van der Waals surface area contributed by atoms with Crippen LogP contribution in [0.5, 0.6) is 5.75 Å². The van der Waals surface area contributed by atoms with Crippen LogP contribution in [0.2, 0.25) is 0 Å². The van der Waals surface area contributed by atoms with Gasteiger partial charge in [0.2, 0.25) is 0 Å². The molecule has 0 aliphatic heterocycles. The number of phenolic OH excluding ortho intramolecular Hbond substituents is 1. The van der Waals surface area contributed by atoms with E-state index in [4.69, 9.17) is 19.4 Å². The van der Waals surface area contributed by atoms with Gasteiger partial charge in [0.05, 0.1) is 16.8 Å². The quantitative estimate of drug-likeness (QED) is 0.179. The van der Waals surface area contributed by atoms with Gasteiger partial charge in [0.25, 0.3) is 0 Å². The van der Waals surface area contributed by atoms with Gasteiger partial charge in [-0.3, -0.25) is 0 Å². The third-order valence-electron chi connectivity index (χ3n) is 7.67. The van der Waals surface area contributed by atoms with Crippen LogP contribution in [0, 0.1) is 6.07 Å². The van der Waals surface area contributed by atoms with E-state index >= 15 is 0 Å².